The van der Waals surface area contributed by atoms with Crippen molar-refractivity contribution >= 4 is 19.8 Å². The van der Waals surface area contributed by atoms with Gasteiger partial charge in [0.15, 0.2) is 6.10 Å². The summed E-state index contributed by atoms with van der Waals surface area (Å²) in [5.74, 6) is -0.836. The molecule has 0 aromatic heterocycles. The molecule has 0 radical (unpaired) electrons. The number of nitrogens with zero attached hydrogens (tertiary/aromatic N) is 1. The van der Waals surface area contributed by atoms with Gasteiger partial charge < -0.3 is 27.9 Å². The highest BCUT2D eigenvalue weighted by Gasteiger charge is 2.22. The predicted molar refractivity (Wildman–Crippen MR) is 429 cm³/mol. The number of ether oxygens (including phenoxy) is 2. The Balaban J connectivity index is 3.96. The summed E-state index contributed by atoms with van der Waals surface area (Å²) in [6.45, 7) is 4.16. The van der Waals surface area contributed by atoms with E-state index in [9.17, 15) is 19.0 Å². The van der Waals surface area contributed by atoms with Crippen LogP contribution in [-0.2, 0) is 32.7 Å². The lowest BCUT2D eigenvalue weighted by molar-refractivity contribution is -0.870. The van der Waals surface area contributed by atoms with Crippen LogP contribution < -0.4 is 4.89 Å². The molecule has 9 nitrogen and oxygen atoms in total. The normalized spacial score (nSPS) is 13.6. The summed E-state index contributed by atoms with van der Waals surface area (Å²) >= 11 is 0. The third-order valence-corrected chi connectivity index (χ3v) is 19.5. The molecular weight excluding hydrogens is 1240 g/mol. The van der Waals surface area contributed by atoms with Crippen molar-refractivity contribution < 1.29 is 42.1 Å². The Kier molecular flexibility index (Phi) is 76.1. The minimum atomic E-state index is -4.66. The molecule has 0 bridgehead atoms. The standard InChI is InChI=1S/C89H160NO8P/c1-6-8-10-12-14-16-18-20-22-24-26-28-30-32-34-36-38-40-42-43-44-45-46-48-49-51-53-55-57-59-61-63-65-67-69-71-73-75-77-79-81-88(91)95-85-87(86-97-99(93,94)96-84-83-90(3,4)5)98-89(92)82-80-78-76-74-72-70-68-66-64-62-60-58-56-54-52-50-47-41-39-37-35-33-31-29-27-25-23-21-19-17-15-13-11-9-7-2/h9,11,15,17,21,23,27,29,33,35,39,41,50,52,56,58,62,64,87H,6-8,10,12-14,16,18-20,22,24-26,28,30-32,34,36-38,40,42-49,51,53-55,57,59-61,63,65-86H2,1-5H3/b11-9-,17-15-,23-21-,29-27-,35-33-,41-39-,52-50-,58-56-,64-62-. The van der Waals surface area contributed by atoms with Gasteiger partial charge in [0.2, 0.25) is 0 Å². The summed E-state index contributed by atoms with van der Waals surface area (Å²) in [6.07, 6.45) is 112. The molecule has 0 saturated carbocycles. The van der Waals surface area contributed by atoms with E-state index in [1.165, 1.54) is 257 Å². The SMILES string of the molecule is CC/C=C\C/C=C\C/C=C\C/C=C\C/C=C\C/C=C\C/C=C\C/C=C\C/C=C\CCCCCCCCCC(=O)OC(COC(=O)CCCCCCCCCCCCCCCCCCCCCCCCCCCCCCCCCCCCCCCCCC)COP(=O)([O-])OCC[N+](C)(C)C. The number of hydrogen-bond donors (Lipinski definition) is 0. The smallest absolute Gasteiger partial charge is 0.306 e. The number of phosphoric ester groups is 1. The Bertz CT molecular complexity index is 2040. The Morgan fingerprint density at radius 2 is 0.576 bits per heavy atom. The Hall–Kier alpha value is -3.33. The van der Waals surface area contributed by atoms with Crippen LogP contribution in [0.5, 0.6) is 0 Å². The third kappa shape index (κ3) is 83.5. The molecule has 0 fully saturated rings. The van der Waals surface area contributed by atoms with Crippen molar-refractivity contribution in [1.29, 1.82) is 0 Å². The summed E-state index contributed by atoms with van der Waals surface area (Å²) in [7, 11) is 1.16. The van der Waals surface area contributed by atoms with Gasteiger partial charge in [-0.1, -0.05) is 406 Å². The van der Waals surface area contributed by atoms with Crippen LogP contribution in [0, 0.1) is 0 Å². The topological polar surface area (TPSA) is 111 Å². The zero-order valence-corrected chi connectivity index (χ0v) is 66.6. The quantitative estimate of drug-likeness (QED) is 0.0195. The first-order chi connectivity index (χ1) is 48.5. The highest BCUT2D eigenvalue weighted by atomic mass is 31.2. The van der Waals surface area contributed by atoms with Crippen molar-refractivity contribution in [2.24, 2.45) is 0 Å². The van der Waals surface area contributed by atoms with E-state index in [4.69, 9.17) is 18.5 Å². The maximum absolute atomic E-state index is 12.9. The number of quaternary nitrogens is 1. The highest BCUT2D eigenvalue weighted by Crippen LogP contribution is 2.38. The number of rotatable bonds is 78. The van der Waals surface area contributed by atoms with Crippen LogP contribution >= 0.6 is 7.82 Å². The number of phosphoric acid groups is 1. The van der Waals surface area contributed by atoms with Gasteiger partial charge >= 0.3 is 11.9 Å². The molecule has 0 amide bonds. The van der Waals surface area contributed by atoms with E-state index in [2.05, 4.69) is 123 Å². The third-order valence-electron chi connectivity index (χ3n) is 18.6. The molecule has 0 N–H and O–H groups in total. The molecule has 0 aromatic rings. The fourth-order valence-electron chi connectivity index (χ4n) is 12.2. The van der Waals surface area contributed by atoms with Crippen molar-refractivity contribution in [2.45, 2.75) is 399 Å². The lowest BCUT2D eigenvalue weighted by atomic mass is 10.0. The van der Waals surface area contributed by atoms with Crippen LogP contribution in [-0.4, -0.2) is 70.0 Å². The molecule has 0 aliphatic carbocycles. The molecule has 2 unspecified atom stereocenters. The number of carbonyl (C=O) groups excluding carboxylic acids is 2. The van der Waals surface area contributed by atoms with Gasteiger partial charge in [-0.25, -0.2) is 0 Å². The second-order valence-electron chi connectivity index (χ2n) is 29.5. The lowest BCUT2D eigenvalue weighted by Gasteiger charge is -2.28. The molecule has 2 atom stereocenters. The summed E-state index contributed by atoms with van der Waals surface area (Å²) in [5, 5.41) is 0. The van der Waals surface area contributed by atoms with Crippen LogP contribution in [0.2, 0.25) is 0 Å². The maximum atomic E-state index is 12.9. The molecular formula is C89H160NO8P. The molecule has 0 rings (SSSR count). The zero-order valence-electron chi connectivity index (χ0n) is 65.7. The maximum Gasteiger partial charge on any atom is 0.306 e. The van der Waals surface area contributed by atoms with E-state index < -0.39 is 26.5 Å². The first kappa shape index (κ1) is 95.7. The van der Waals surface area contributed by atoms with E-state index in [0.717, 1.165) is 103 Å². The van der Waals surface area contributed by atoms with Crippen molar-refractivity contribution in [3.05, 3.63) is 109 Å². The minimum absolute atomic E-state index is 0.0365. The van der Waals surface area contributed by atoms with E-state index in [1.807, 2.05) is 21.1 Å². The second-order valence-corrected chi connectivity index (χ2v) is 30.9. The lowest BCUT2D eigenvalue weighted by Crippen LogP contribution is -2.37. The molecule has 0 aliphatic rings. The molecule has 0 aromatic carbocycles. The van der Waals surface area contributed by atoms with E-state index in [1.54, 1.807) is 0 Å². The monoisotopic (exact) mass is 1400 g/mol. The van der Waals surface area contributed by atoms with Crippen molar-refractivity contribution in [1.82, 2.24) is 0 Å². The van der Waals surface area contributed by atoms with Crippen molar-refractivity contribution in [2.75, 3.05) is 47.5 Å². The van der Waals surface area contributed by atoms with Gasteiger partial charge in [0.25, 0.3) is 7.82 Å². The molecule has 99 heavy (non-hydrogen) atoms. The molecule has 0 aliphatic heterocycles. The number of allylic oxidation sites excluding steroid dienone is 18. The minimum Gasteiger partial charge on any atom is -0.756 e. The molecule has 0 heterocycles. The summed E-state index contributed by atoms with van der Waals surface area (Å²) < 4.78 is 34.4. The van der Waals surface area contributed by atoms with Crippen LogP contribution in [0.1, 0.15) is 393 Å². The van der Waals surface area contributed by atoms with Gasteiger partial charge in [-0.15, -0.1) is 0 Å². The van der Waals surface area contributed by atoms with Crippen LogP contribution in [0.4, 0.5) is 0 Å². The van der Waals surface area contributed by atoms with E-state index in [-0.39, 0.29) is 32.0 Å². The summed E-state index contributed by atoms with van der Waals surface area (Å²) in [6, 6.07) is 0. The van der Waals surface area contributed by atoms with Gasteiger partial charge in [-0.05, 0) is 83.5 Å². The van der Waals surface area contributed by atoms with Gasteiger partial charge in [0.1, 0.15) is 19.8 Å². The summed E-state index contributed by atoms with van der Waals surface area (Å²) in [4.78, 5) is 38.2. The largest absolute Gasteiger partial charge is 0.756 e. The number of carbonyl (C=O) groups is 2. The average Bonchev–Trinajstić information content (AvgIpc) is 1.06. The fourth-order valence-corrected chi connectivity index (χ4v) is 12.9. The molecule has 0 spiro atoms. The molecule has 10 heteroatoms. The second kappa shape index (κ2) is 78.8. The van der Waals surface area contributed by atoms with Crippen LogP contribution in [0.25, 0.3) is 0 Å². The Labute approximate surface area is 614 Å². The Morgan fingerprint density at radius 3 is 0.859 bits per heavy atom. The predicted octanol–water partition coefficient (Wildman–Crippen LogP) is 27.7. The number of esters is 2. The van der Waals surface area contributed by atoms with Crippen LogP contribution in [0.15, 0.2) is 109 Å². The van der Waals surface area contributed by atoms with Gasteiger partial charge in [-0.3, -0.25) is 14.2 Å². The van der Waals surface area contributed by atoms with Gasteiger partial charge in [0.05, 0.1) is 27.7 Å². The molecule has 574 valence electrons. The van der Waals surface area contributed by atoms with Crippen molar-refractivity contribution in [3.63, 3.8) is 0 Å². The zero-order chi connectivity index (χ0) is 71.8. The summed E-state index contributed by atoms with van der Waals surface area (Å²) in [5.41, 5.74) is 0. The number of unbranched alkanes of at least 4 members (excludes halogenated alkanes) is 46. The van der Waals surface area contributed by atoms with Crippen LogP contribution in [0.3, 0.4) is 0 Å². The van der Waals surface area contributed by atoms with Crippen molar-refractivity contribution in [3.8, 4) is 0 Å². The van der Waals surface area contributed by atoms with Gasteiger partial charge in [0, 0.05) is 12.8 Å². The highest BCUT2D eigenvalue weighted by molar-refractivity contribution is 7.45. The first-order valence-corrected chi connectivity index (χ1v) is 43.6. The number of hydrogen-bond acceptors (Lipinski definition) is 8. The molecule has 0 saturated heterocycles. The Morgan fingerprint density at radius 1 is 0.323 bits per heavy atom. The average molecular weight is 1400 g/mol. The first-order valence-electron chi connectivity index (χ1n) is 42.1. The van der Waals surface area contributed by atoms with E-state index >= 15 is 0 Å². The number of likely N-dealkylation sites (N-methyl/N-ethyl adjacent to an activating group) is 1. The van der Waals surface area contributed by atoms with Gasteiger partial charge in [-0.2, -0.15) is 0 Å². The fraction of sp³-hybridized carbons (Fsp3) is 0.775. The van der Waals surface area contributed by atoms with E-state index in [0.29, 0.717) is 17.4 Å².